The van der Waals surface area contributed by atoms with Gasteiger partial charge in [-0.15, -0.1) is 11.7 Å². The molecular formula is C19H24F3N7OS. The van der Waals surface area contributed by atoms with Gasteiger partial charge in [-0.1, -0.05) is 6.08 Å². The van der Waals surface area contributed by atoms with Crippen molar-refractivity contribution in [1.29, 1.82) is 0 Å². The van der Waals surface area contributed by atoms with Gasteiger partial charge in [-0.25, -0.2) is 14.2 Å². The molecule has 0 spiro atoms. The largest absolute Gasteiger partial charge is 0.480 e. The Morgan fingerprint density at radius 2 is 2.26 bits per heavy atom. The number of pyridine rings is 1. The summed E-state index contributed by atoms with van der Waals surface area (Å²) in [5, 5.41) is 8.69. The Balaban J connectivity index is 1.49. The number of aliphatic imine (C=N–C) groups is 1. The topological polar surface area (TPSA) is 79.1 Å². The predicted octanol–water partition coefficient (Wildman–Crippen LogP) is 3.22. The van der Waals surface area contributed by atoms with E-state index in [1.165, 1.54) is 10.6 Å². The van der Waals surface area contributed by atoms with E-state index in [9.17, 15) is 13.2 Å². The lowest BCUT2D eigenvalue weighted by Gasteiger charge is -2.22. The number of rotatable bonds is 6. The minimum absolute atomic E-state index is 0.0311. The van der Waals surface area contributed by atoms with Gasteiger partial charge >= 0.3 is 6.18 Å². The molecule has 1 fully saturated rings. The number of hydrogen-bond acceptors (Lipinski definition) is 8. The van der Waals surface area contributed by atoms with Gasteiger partial charge in [0.1, 0.15) is 6.17 Å². The molecule has 2 aliphatic heterocycles. The van der Waals surface area contributed by atoms with Gasteiger partial charge in [0.25, 0.3) is 0 Å². The van der Waals surface area contributed by atoms with Crippen LogP contribution in [-0.2, 0) is 0 Å². The van der Waals surface area contributed by atoms with E-state index in [2.05, 4.69) is 36.6 Å². The van der Waals surface area contributed by atoms with Crippen LogP contribution in [0.25, 0.3) is 5.65 Å². The fraction of sp³-hybridized carbons (Fsp3) is 0.526. The van der Waals surface area contributed by atoms with Gasteiger partial charge in [0.2, 0.25) is 5.95 Å². The highest BCUT2D eigenvalue weighted by Gasteiger charge is 2.33. The lowest BCUT2D eigenvalue weighted by Crippen LogP contribution is -2.32. The van der Waals surface area contributed by atoms with Crippen LogP contribution in [0.2, 0.25) is 0 Å². The molecule has 0 aromatic carbocycles. The van der Waals surface area contributed by atoms with Crippen molar-refractivity contribution >= 4 is 28.7 Å². The summed E-state index contributed by atoms with van der Waals surface area (Å²) in [6.07, 6.45) is -1.56. The number of amidine groups is 1. The number of hydrogen-bond donors (Lipinski definition) is 2. The van der Waals surface area contributed by atoms with E-state index < -0.39 is 12.8 Å². The molecule has 1 saturated heterocycles. The highest BCUT2D eigenvalue weighted by molar-refractivity contribution is 8.12. The molecule has 12 heteroatoms. The van der Waals surface area contributed by atoms with Crippen LogP contribution in [0.1, 0.15) is 19.0 Å². The maximum Gasteiger partial charge on any atom is 0.422 e. The molecule has 0 bridgehead atoms. The second-order valence-corrected chi connectivity index (χ2v) is 8.43. The number of nitrogens with one attached hydrogen (secondary N) is 2. The Labute approximate surface area is 182 Å². The van der Waals surface area contributed by atoms with Gasteiger partial charge in [0.15, 0.2) is 23.2 Å². The Hall–Kier alpha value is -2.47. The average molecular weight is 456 g/mol. The molecule has 2 aliphatic rings. The van der Waals surface area contributed by atoms with Crippen LogP contribution >= 0.6 is 11.9 Å². The highest BCUT2D eigenvalue weighted by atomic mass is 32.2. The molecule has 2 unspecified atom stereocenters. The molecule has 4 rings (SSSR count). The summed E-state index contributed by atoms with van der Waals surface area (Å²) in [6, 6.07) is 3.02. The van der Waals surface area contributed by atoms with Crippen LogP contribution in [0.4, 0.5) is 19.1 Å². The van der Waals surface area contributed by atoms with Gasteiger partial charge in [-0.05, 0) is 44.3 Å². The van der Waals surface area contributed by atoms with Crippen LogP contribution in [0.5, 0.6) is 5.75 Å². The van der Waals surface area contributed by atoms with Crippen molar-refractivity contribution in [3.63, 3.8) is 0 Å². The van der Waals surface area contributed by atoms with Crippen molar-refractivity contribution in [3.8, 4) is 5.75 Å². The summed E-state index contributed by atoms with van der Waals surface area (Å²) in [5.41, 5.74) is 0.967. The van der Waals surface area contributed by atoms with E-state index in [0.717, 1.165) is 30.4 Å². The molecule has 0 radical (unpaired) electrons. The number of halogens is 3. The third kappa shape index (κ3) is 4.90. The van der Waals surface area contributed by atoms with Crippen molar-refractivity contribution < 1.29 is 17.9 Å². The summed E-state index contributed by atoms with van der Waals surface area (Å²) >= 11 is 1.54. The molecular weight excluding hydrogens is 431 g/mol. The zero-order chi connectivity index (χ0) is 22.2. The number of aryl methyl sites for hydroxylation is 1. The van der Waals surface area contributed by atoms with Crippen LogP contribution in [0, 0.1) is 12.8 Å². The second-order valence-electron chi connectivity index (χ2n) is 7.62. The molecule has 31 heavy (non-hydrogen) atoms. The van der Waals surface area contributed by atoms with E-state index in [0.29, 0.717) is 5.95 Å². The Bertz CT molecular complexity index is 993. The minimum Gasteiger partial charge on any atom is -0.480 e. The fourth-order valence-corrected chi connectivity index (χ4v) is 4.50. The van der Waals surface area contributed by atoms with Crippen molar-refractivity contribution in [2.24, 2.45) is 10.9 Å². The van der Waals surface area contributed by atoms with E-state index in [1.807, 2.05) is 13.0 Å². The monoisotopic (exact) mass is 455 g/mol. The summed E-state index contributed by atoms with van der Waals surface area (Å²) in [4.78, 5) is 11.2. The first-order valence-corrected chi connectivity index (χ1v) is 10.8. The lowest BCUT2D eigenvalue weighted by atomic mass is 9.99. The third-order valence-corrected chi connectivity index (χ3v) is 6.21. The van der Waals surface area contributed by atoms with Crippen LogP contribution in [0.3, 0.4) is 0 Å². The smallest absolute Gasteiger partial charge is 0.422 e. The third-order valence-electron chi connectivity index (χ3n) is 5.21. The van der Waals surface area contributed by atoms with Gasteiger partial charge in [-0.2, -0.15) is 18.2 Å². The number of likely N-dealkylation sites (tertiary alicyclic amines) is 1. The number of aromatic nitrogens is 3. The van der Waals surface area contributed by atoms with E-state index >= 15 is 0 Å². The molecule has 2 aromatic rings. The predicted molar refractivity (Wildman–Crippen MR) is 114 cm³/mol. The van der Waals surface area contributed by atoms with Crippen molar-refractivity contribution in [2.75, 3.05) is 25.0 Å². The van der Waals surface area contributed by atoms with Crippen LogP contribution < -0.4 is 14.8 Å². The lowest BCUT2D eigenvalue weighted by molar-refractivity contribution is -0.153. The van der Waals surface area contributed by atoms with Crippen LogP contribution in [0.15, 0.2) is 29.8 Å². The van der Waals surface area contributed by atoms with E-state index in [4.69, 9.17) is 4.74 Å². The number of nitrogens with zero attached hydrogens (tertiary/aromatic N) is 5. The number of anilines is 1. The van der Waals surface area contributed by atoms with E-state index in [1.54, 1.807) is 24.9 Å². The molecule has 168 valence electrons. The van der Waals surface area contributed by atoms with E-state index in [-0.39, 0.29) is 29.5 Å². The first-order chi connectivity index (χ1) is 14.7. The summed E-state index contributed by atoms with van der Waals surface area (Å²) < 4.78 is 47.4. The SMILES string of the molecule is C=C[C@@H](Nc1nc2c(OCC(F)(F)F)ccc(C)n2n1)C1CCN(C2=NC(C)NS2)C1. The second kappa shape index (κ2) is 8.58. The zero-order valence-electron chi connectivity index (χ0n) is 17.2. The van der Waals surface area contributed by atoms with Crippen LogP contribution in [-0.4, -0.2) is 62.7 Å². The Kier molecular flexibility index (Phi) is 6.02. The first-order valence-electron chi connectivity index (χ1n) is 9.93. The summed E-state index contributed by atoms with van der Waals surface area (Å²) in [6.45, 7) is 8.07. The normalized spacial score (nSPS) is 22.6. The molecule has 0 saturated carbocycles. The maximum atomic E-state index is 12.6. The summed E-state index contributed by atoms with van der Waals surface area (Å²) in [7, 11) is 0. The molecule has 2 aromatic heterocycles. The molecule has 0 aliphatic carbocycles. The molecule has 0 amide bonds. The van der Waals surface area contributed by atoms with Gasteiger partial charge in [-0.3, -0.25) is 0 Å². The highest BCUT2D eigenvalue weighted by Crippen LogP contribution is 2.28. The van der Waals surface area contributed by atoms with Gasteiger partial charge in [0, 0.05) is 24.7 Å². The van der Waals surface area contributed by atoms with Gasteiger partial charge in [0.05, 0.1) is 6.04 Å². The Morgan fingerprint density at radius 3 is 2.94 bits per heavy atom. The van der Waals surface area contributed by atoms with Crippen molar-refractivity contribution in [3.05, 3.63) is 30.5 Å². The molecule has 8 nitrogen and oxygen atoms in total. The quantitative estimate of drug-likeness (QED) is 0.512. The first kappa shape index (κ1) is 21.8. The average Bonchev–Trinajstić information content (AvgIpc) is 3.44. The standard InChI is InChI=1S/C19H24F3N7OS/c1-4-14(13-7-8-28(9-13)18-23-12(3)27-31-18)24-17-25-16-15(30-10-19(20,21)22)6-5-11(2)29(16)26-17/h4-6,12-14,27H,1,7-10H2,2-3H3,(H,24,26)/t12?,13?,14-/m1/s1. The van der Waals surface area contributed by atoms with Crippen molar-refractivity contribution in [1.82, 2.24) is 24.2 Å². The van der Waals surface area contributed by atoms with Gasteiger partial charge < -0.3 is 15.0 Å². The minimum atomic E-state index is -4.43. The Morgan fingerprint density at radius 1 is 1.45 bits per heavy atom. The molecule has 3 atom stereocenters. The molecule has 2 N–H and O–H groups in total. The summed E-state index contributed by atoms with van der Waals surface area (Å²) in [5.74, 6) is 0.617. The number of ether oxygens (including phenoxy) is 1. The number of fused-ring (bicyclic) bond motifs is 1. The fourth-order valence-electron chi connectivity index (χ4n) is 3.67. The molecule has 4 heterocycles. The maximum absolute atomic E-state index is 12.6. The zero-order valence-corrected chi connectivity index (χ0v) is 18.0. The van der Waals surface area contributed by atoms with Crippen molar-refractivity contribution in [2.45, 2.75) is 38.7 Å². The number of alkyl halides is 3.